The van der Waals surface area contributed by atoms with Crippen molar-refractivity contribution in [3.63, 3.8) is 0 Å². The van der Waals surface area contributed by atoms with Crippen LogP contribution in [-0.2, 0) is 0 Å². The molecule has 240 valence electrons. The number of rotatable bonds is 25. The standard InChI is InChI=1S/C27H57N.C8H17N.BrH.ClH/c1-4-7-10-13-16-19-22-25-28(26-23-20-17-14-11-8-5-2)27-24-21-18-15-12-9-6-3;1-9(2)8-6-4-3-5-7-8;;/h4-27H2,1-3H3;8H,3-7H2,1-2H3;2*1H. The fraction of sp³-hybridized carbons (Fsp3) is 1.00. The van der Waals surface area contributed by atoms with Gasteiger partial charge in [0, 0.05) is 6.04 Å². The highest BCUT2D eigenvalue weighted by Gasteiger charge is 2.14. The molecule has 0 N–H and O–H groups in total. The van der Waals surface area contributed by atoms with Crippen LogP contribution in [0.2, 0.25) is 0 Å². The predicted molar refractivity (Wildman–Crippen MR) is 189 cm³/mol. The molecule has 2 nitrogen and oxygen atoms in total. The molecule has 0 bridgehead atoms. The van der Waals surface area contributed by atoms with Crippen LogP contribution in [0.5, 0.6) is 0 Å². The summed E-state index contributed by atoms with van der Waals surface area (Å²) in [7, 11) is 4.38. The van der Waals surface area contributed by atoms with E-state index in [1.807, 2.05) is 0 Å². The molecule has 0 spiro atoms. The fourth-order valence-corrected chi connectivity index (χ4v) is 5.81. The lowest BCUT2D eigenvalue weighted by Crippen LogP contribution is -2.29. The first-order valence-corrected chi connectivity index (χ1v) is 17.5. The molecule has 0 aliphatic heterocycles. The smallest absolute Gasteiger partial charge is 0.00891 e. The number of nitrogens with zero attached hydrogens (tertiary/aromatic N) is 2. The normalized spacial score (nSPS) is 13.6. The van der Waals surface area contributed by atoms with Crippen molar-refractivity contribution in [1.29, 1.82) is 0 Å². The third-order valence-corrected chi connectivity index (χ3v) is 8.54. The second-order valence-electron chi connectivity index (χ2n) is 12.5. The molecule has 1 rings (SSSR count). The highest BCUT2D eigenvalue weighted by Crippen LogP contribution is 2.20. The molecule has 0 amide bonds. The van der Waals surface area contributed by atoms with E-state index in [-0.39, 0.29) is 29.4 Å². The lowest BCUT2D eigenvalue weighted by atomic mass is 9.95. The van der Waals surface area contributed by atoms with Crippen LogP contribution in [0, 0.1) is 0 Å². The van der Waals surface area contributed by atoms with Gasteiger partial charge in [-0.05, 0) is 65.8 Å². The lowest BCUT2D eigenvalue weighted by molar-refractivity contribution is 0.229. The van der Waals surface area contributed by atoms with E-state index in [2.05, 4.69) is 44.7 Å². The van der Waals surface area contributed by atoms with Crippen LogP contribution in [0.4, 0.5) is 0 Å². The lowest BCUT2D eigenvalue weighted by Gasteiger charge is -2.27. The Bertz CT molecular complexity index is 373. The summed E-state index contributed by atoms with van der Waals surface area (Å²) in [5, 5.41) is 0. The number of hydrogen-bond donors (Lipinski definition) is 0. The Morgan fingerprint density at radius 3 is 0.974 bits per heavy atom. The van der Waals surface area contributed by atoms with E-state index in [1.165, 1.54) is 187 Å². The molecular formula is C35H76BrClN2. The average molecular weight is 640 g/mol. The quantitative estimate of drug-likeness (QED) is 0.0917. The minimum absolute atomic E-state index is 0. The van der Waals surface area contributed by atoms with E-state index >= 15 is 0 Å². The minimum Gasteiger partial charge on any atom is -0.306 e. The van der Waals surface area contributed by atoms with Crippen molar-refractivity contribution < 1.29 is 0 Å². The summed E-state index contributed by atoms with van der Waals surface area (Å²) in [6.45, 7) is 11.0. The zero-order valence-electron chi connectivity index (χ0n) is 27.8. The first-order valence-electron chi connectivity index (χ1n) is 17.5. The van der Waals surface area contributed by atoms with E-state index < -0.39 is 0 Å². The summed E-state index contributed by atoms with van der Waals surface area (Å²) in [5.74, 6) is 0. The van der Waals surface area contributed by atoms with Crippen LogP contribution in [-0.4, -0.2) is 49.6 Å². The molecule has 39 heavy (non-hydrogen) atoms. The SMILES string of the molecule is Br.CCCCCCCCCN(CCCCCCCCC)CCCCCCCCC.CN(C)C1CCCCC1.Cl. The van der Waals surface area contributed by atoms with Gasteiger partial charge in [-0.2, -0.15) is 0 Å². The fourth-order valence-electron chi connectivity index (χ4n) is 5.81. The van der Waals surface area contributed by atoms with Crippen molar-refractivity contribution in [3.8, 4) is 0 Å². The van der Waals surface area contributed by atoms with Gasteiger partial charge in [-0.15, -0.1) is 29.4 Å². The van der Waals surface area contributed by atoms with Crippen molar-refractivity contribution in [2.45, 2.75) is 194 Å². The van der Waals surface area contributed by atoms with E-state index in [4.69, 9.17) is 0 Å². The van der Waals surface area contributed by atoms with Gasteiger partial charge in [0.25, 0.3) is 0 Å². The van der Waals surface area contributed by atoms with E-state index in [9.17, 15) is 0 Å². The van der Waals surface area contributed by atoms with Crippen LogP contribution in [0.1, 0.15) is 188 Å². The highest BCUT2D eigenvalue weighted by atomic mass is 79.9. The Morgan fingerprint density at radius 1 is 0.436 bits per heavy atom. The first-order chi connectivity index (χ1) is 18.2. The summed E-state index contributed by atoms with van der Waals surface area (Å²) in [6.07, 6.45) is 37.4. The summed E-state index contributed by atoms with van der Waals surface area (Å²) in [6, 6.07) is 0.888. The van der Waals surface area contributed by atoms with Crippen molar-refractivity contribution in [2.75, 3.05) is 33.7 Å². The summed E-state index contributed by atoms with van der Waals surface area (Å²) in [4.78, 5) is 5.17. The Balaban J connectivity index is -0.000000992. The molecule has 0 saturated heterocycles. The Hall–Kier alpha value is 0.690. The number of halogens is 2. The summed E-state index contributed by atoms with van der Waals surface area (Å²) >= 11 is 0. The van der Waals surface area contributed by atoms with Crippen molar-refractivity contribution in [3.05, 3.63) is 0 Å². The number of hydrogen-bond acceptors (Lipinski definition) is 2. The maximum atomic E-state index is 2.81. The summed E-state index contributed by atoms with van der Waals surface area (Å²) < 4.78 is 0. The monoisotopic (exact) mass is 638 g/mol. The van der Waals surface area contributed by atoms with Crippen LogP contribution < -0.4 is 0 Å². The molecular weight excluding hydrogens is 564 g/mol. The zero-order chi connectivity index (χ0) is 27.2. The van der Waals surface area contributed by atoms with Crippen LogP contribution in [0.15, 0.2) is 0 Å². The largest absolute Gasteiger partial charge is 0.306 e. The van der Waals surface area contributed by atoms with Crippen molar-refractivity contribution in [1.82, 2.24) is 9.80 Å². The highest BCUT2D eigenvalue weighted by molar-refractivity contribution is 8.93. The van der Waals surface area contributed by atoms with Crippen molar-refractivity contribution >= 4 is 29.4 Å². The minimum atomic E-state index is 0. The topological polar surface area (TPSA) is 6.48 Å². The third-order valence-electron chi connectivity index (χ3n) is 8.54. The number of unbranched alkanes of at least 4 members (excludes halogenated alkanes) is 18. The van der Waals surface area contributed by atoms with Gasteiger partial charge in [-0.1, -0.05) is 156 Å². The van der Waals surface area contributed by atoms with Crippen LogP contribution in [0.25, 0.3) is 0 Å². The van der Waals surface area contributed by atoms with Crippen LogP contribution in [0.3, 0.4) is 0 Å². The third kappa shape index (κ3) is 33.1. The molecule has 0 aromatic carbocycles. The van der Waals surface area contributed by atoms with Gasteiger partial charge in [0.1, 0.15) is 0 Å². The zero-order valence-corrected chi connectivity index (χ0v) is 30.3. The molecule has 0 radical (unpaired) electrons. The van der Waals surface area contributed by atoms with Crippen molar-refractivity contribution in [2.24, 2.45) is 0 Å². The van der Waals surface area contributed by atoms with E-state index in [0.29, 0.717) is 0 Å². The molecule has 0 aromatic rings. The first kappa shape index (κ1) is 44.1. The summed E-state index contributed by atoms with van der Waals surface area (Å²) in [5.41, 5.74) is 0. The molecule has 0 atom stereocenters. The molecule has 1 aliphatic carbocycles. The van der Waals surface area contributed by atoms with E-state index in [0.717, 1.165) is 6.04 Å². The molecule has 4 heteroatoms. The molecule has 1 fully saturated rings. The van der Waals surface area contributed by atoms with Gasteiger partial charge >= 0.3 is 0 Å². The Kier molecular flexibility index (Phi) is 41.6. The second-order valence-corrected chi connectivity index (χ2v) is 12.5. The molecule has 0 aromatic heterocycles. The van der Waals surface area contributed by atoms with Crippen LogP contribution >= 0.6 is 29.4 Å². The maximum absolute atomic E-state index is 2.81. The molecule has 1 saturated carbocycles. The van der Waals surface area contributed by atoms with Gasteiger partial charge in [0.2, 0.25) is 0 Å². The molecule has 0 heterocycles. The van der Waals surface area contributed by atoms with Gasteiger partial charge in [0.15, 0.2) is 0 Å². The Morgan fingerprint density at radius 2 is 0.718 bits per heavy atom. The maximum Gasteiger partial charge on any atom is 0.00891 e. The van der Waals surface area contributed by atoms with Gasteiger partial charge in [-0.25, -0.2) is 0 Å². The Labute approximate surface area is 265 Å². The average Bonchev–Trinajstić information content (AvgIpc) is 2.92. The van der Waals surface area contributed by atoms with Gasteiger partial charge in [-0.3, -0.25) is 0 Å². The van der Waals surface area contributed by atoms with E-state index in [1.54, 1.807) is 0 Å². The second kappa shape index (κ2) is 36.7. The van der Waals surface area contributed by atoms with Gasteiger partial charge < -0.3 is 9.80 Å². The predicted octanol–water partition coefficient (Wildman–Crippen LogP) is 12.4. The molecule has 0 unspecified atom stereocenters. The van der Waals surface area contributed by atoms with Gasteiger partial charge in [0.05, 0.1) is 0 Å². The molecule has 1 aliphatic rings.